The van der Waals surface area contributed by atoms with Crippen molar-refractivity contribution < 1.29 is 18.7 Å². The number of benzene rings is 2. The maximum Gasteiger partial charge on any atom is 0.306 e. The minimum Gasteiger partial charge on any atom is -0.453 e. The van der Waals surface area contributed by atoms with Crippen LogP contribution in [0.5, 0.6) is 0 Å². The molecule has 1 N–H and O–H groups in total. The predicted octanol–water partition coefficient (Wildman–Crippen LogP) is 3.98. The lowest BCUT2D eigenvalue weighted by Crippen LogP contribution is -2.30. The highest BCUT2D eigenvalue weighted by Gasteiger charge is 2.17. The van der Waals surface area contributed by atoms with Crippen LogP contribution in [0.4, 0.5) is 10.1 Å². The standard InChI is InChI=1S/C18H17ClFNO3/c1-12(18(23)21-16-9-5-14(19)6-10-16)24-17(22)11-4-13-2-7-15(20)8-3-13/h2-3,5-10,12H,4,11H2,1H3,(H,21,23)/t12-/m1/s1. The average Bonchev–Trinajstić information content (AvgIpc) is 2.56. The van der Waals surface area contributed by atoms with Crippen LogP contribution in [0, 0.1) is 5.82 Å². The Morgan fingerprint density at radius 3 is 2.38 bits per heavy atom. The van der Waals surface area contributed by atoms with E-state index in [2.05, 4.69) is 5.32 Å². The van der Waals surface area contributed by atoms with Crippen molar-refractivity contribution in [2.75, 3.05) is 5.32 Å². The summed E-state index contributed by atoms with van der Waals surface area (Å²) in [6, 6.07) is 12.5. The number of carbonyl (C=O) groups excluding carboxylic acids is 2. The van der Waals surface area contributed by atoms with Gasteiger partial charge in [-0.3, -0.25) is 9.59 Å². The summed E-state index contributed by atoms with van der Waals surface area (Å²) in [7, 11) is 0. The number of hydrogen-bond donors (Lipinski definition) is 1. The normalized spacial score (nSPS) is 11.6. The van der Waals surface area contributed by atoms with Gasteiger partial charge in [0.05, 0.1) is 0 Å². The second kappa shape index (κ2) is 8.45. The van der Waals surface area contributed by atoms with Crippen LogP contribution in [0.25, 0.3) is 0 Å². The monoisotopic (exact) mass is 349 g/mol. The van der Waals surface area contributed by atoms with Crippen molar-refractivity contribution in [3.63, 3.8) is 0 Å². The molecule has 0 saturated carbocycles. The fraction of sp³-hybridized carbons (Fsp3) is 0.222. The summed E-state index contributed by atoms with van der Waals surface area (Å²) in [6.45, 7) is 1.50. The number of carbonyl (C=O) groups is 2. The summed E-state index contributed by atoms with van der Waals surface area (Å²) in [5.41, 5.74) is 1.39. The van der Waals surface area contributed by atoms with E-state index in [9.17, 15) is 14.0 Å². The molecule has 2 rings (SSSR count). The lowest BCUT2D eigenvalue weighted by molar-refractivity contribution is -0.153. The number of esters is 1. The van der Waals surface area contributed by atoms with E-state index in [-0.39, 0.29) is 12.2 Å². The molecular formula is C18H17ClFNO3. The van der Waals surface area contributed by atoms with Crippen LogP contribution in [0.1, 0.15) is 18.9 Å². The molecule has 1 atom stereocenters. The molecule has 0 aliphatic rings. The van der Waals surface area contributed by atoms with E-state index in [4.69, 9.17) is 16.3 Å². The van der Waals surface area contributed by atoms with Gasteiger partial charge in [0.15, 0.2) is 6.10 Å². The van der Waals surface area contributed by atoms with Crippen LogP contribution < -0.4 is 5.32 Å². The van der Waals surface area contributed by atoms with Crippen molar-refractivity contribution in [2.24, 2.45) is 0 Å². The zero-order valence-corrected chi connectivity index (χ0v) is 13.8. The summed E-state index contributed by atoms with van der Waals surface area (Å²) < 4.78 is 17.9. The minimum atomic E-state index is -0.915. The van der Waals surface area contributed by atoms with Crippen molar-refractivity contribution in [3.8, 4) is 0 Å². The van der Waals surface area contributed by atoms with Crippen molar-refractivity contribution in [1.29, 1.82) is 0 Å². The molecular weight excluding hydrogens is 333 g/mol. The van der Waals surface area contributed by atoms with Crippen LogP contribution in [-0.4, -0.2) is 18.0 Å². The average molecular weight is 350 g/mol. The molecule has 24 heavy (non-hydrogen) atoms. The molecule has 0 spiro atoms. The Balaban J connectivity index is 1.78. The molecule has 0 aliphatic heterocycles. The first-order chi connectivity index (χ1) is 11.4. The quantitative estimate of drug-likeness (QED) is 0.802. The van der Waals surface area contributed by atoms with Crippen LogP contribution >= 0.6 is 11.6 Å². The molecule has 0 radical (unpaired) electrons. The van der Waals surface area contributed by atoms with Crippen molar-refractivity contribution in [3.05, 3.63) is 64.9 Å². The molecule has 0 saturated heterocycles. The summed E-state index contributed by atoms with van der Waals surface area (Å²) in [5, 5.41) is 3.20. The molecule has 1 amide bonds. The number of amides is 1. The van der Waals surface area contributed by atoms with E-state index < -0.39 is 18.0 Å². The summed E-state index contributed by atoms with van der Waals surface area (Å²) in [4.78, 5) is 23.8. The number of anilines is 1. The first kappa shape index (κ1) is 17.9. The molecule has 2 aromatic carbocycles. The minimum absolute atomic E-state index is 0.115. The Morgan fingerprint density at radius 1 is 1.12 bits per heavy atom. The second-order valence-corrected chi connectivity index (χ2v) is 5.69. The van der Waals surface area contributed by atoms with E-state index in [1.54, 1.807) is 36.4 Å². The third-order valence-corrected chi connectivity index (χ3v) is 3.57. The highest BCUT2D eigenvalue weighted by Crippen LogP contribution is 2.14. The SMILES string of the molecule is C[C@@H](OC(=O)CCc1ccc(F)cc1)C(=O)Nc1ccc(Cl)cc1. The molecule has 0 heterocycles. The summed E-state index contributed by atoms with van der Waals surface area (Å²) >= 11 is 5.77. The molecule has 6 heteroatoms. The predicted molar refractivity (Wildman–Crippen MR) is 90.4 cm³/mol. The topological polar surface area (TPSA) is 55.4 Å². The first-order valence-electron chi connectivity index (χ1n) is 7.44. The van der Waals surface area contributed by atoms with Gasteiger partial charge in [0.2, 0.25) is 0 Å². The van der Waals surface area contributed by atoms with E-state index in [0.29, 0.717) is 17.1 Å². The lowest BCUT2D eigenvalue weighted by Gasteiger charge is -2.13. The van der Waals surface area contributed by atoms with E-state index in [0.717, 1.165) is 5.56 Å². The summed E-state index contributed by atoms with van der Waals surface area (Å²) in [6.07, 6.45) is -0.379. The smallest absolute Gasteiger partial charge is 0.306 e. The van der Waals surface area contributed by atoms with Crippen molar-refractivity contribution >= 4 is 29.2 Å². The Kier molecular flexibility index (Phi) is 6.32. The fourth-order valence-electron chi connectivity index (χ4n) is 1.98. The molecule has 0 aliphatic carbocycles. The van der Waals surface area contributed by atoms with Crippen LogP contribution in [0.3, 0.4) is 0 Å². The molecule has 0 aromatic heterocycles. The largest absolute Gasteiger partial charge is 0.453 e. The van der Waals surface area contributed by atoms with Gasteiger partial charge in [0.1, 0.15) is 5.82 Å². The number of nitrogens with one attached hydrogen (secondary N) is 1. The molecule has 126 valence electrons. The van der Waals surface area contributed by atoms with Crippen LogP contribution in [0.2, 0.25) is 5.02 Å². The Bertz CT molecular complexity index is 701. The molecule has 0 fully saturated rings. The van der Waals surface area contributed by atoms with Gasteiger partial charge in [-0.1, -0.05) is 23.7 Å². The van der Waals surface area contributed by atoms with Gasteiger partial charge in [0, 0.05) is 17.1 Å². The maximum atomic E-state index is 12.8. The number of rotatable bonds is 6. The van der Waals surface area contributed by atoms with Gasteiger partial charge in [-0.2, -0.15) is 0 Å². The second-order valence-electron chi connectivity index (χ2n) is 5.25. The van der Waals surface area contributed by atoms with Crippen LogP contribution in [0.15, 0.2) is 48.5 Å². The molecule has 2 aromatic rings. The third-order valence-electron chi connectivity index (χ3n) is 3.32. The Hall–Kier alpha value is -2.40. The number of hydrogen-bond acceptors (Lipinski definition) is 3. The lowest BCUT2D eigenvalue weighted by atomic mass is 10.1. The molecule has 0 unspecified atom stereocenters. The van der Waals surface area contributed by atoms with Crippen LogP contribution in [-0.2, 0) is 20.7 Å². The van der Waals surface area contributed by atoms with Gasteiger partial charge in [-0.25, -0.2) is 4.39 Å². The van der Waals surface area contributed by atoms with Crippen molar-refractivity contribution in [1.82, 2.24) is 0 Å². The Morgan fingerprint density at radius 2 is 1.75 bits per heavy atom. The number of aryl methyl sites for hydroxylation is 1. The van der Waals surface area contributed by atoms with Gasteiger partial charge < -0.3 is 10.1 Å². The van der Waals surface area contributed by atoms with E-state index >= 15 is 0 Å². The van der Waals surface area contributed by atoms with Gasteiger partial charge in [-0.05, 0) is 55.3 Å². The van der Waals surface area contributed by atoms with Gasteiger partial charge in [-0.15, -0.1) is 0 Å². The maximum absolute atomic E-state index is 12.8. The highest BCUT2D eigenvalue weighted by atomic mass is 35.5. The zero-order valence-electron chi connectivity index (χ0n) is 13.1. The summed E-state index contributed by atoms with van der Waals surface area (Å²) in [5.74, 6) is -1.24. The zero-order chi connectivity index (χ0) is 17.5. The molecule has 4 nitrogen and oxygen atoms in total. The third kappa shape index (κ3) is 5.66. The van der Waals surface area contributed by atoms with E-state index in [1.807, 2.05) is 0 Å². The van der Waals surface area contributed by atoms with Gasteiger partial charge in [0.25, 0.3) is 5.91 Å². The van der Waals surface area contributed by atoms with Gasteiger partial charge >= 0.3 is 5.97 Å². The molecule has 0 bridgehead atoms. The first-order valence-corrected chi connectivity index (χ1v) is 7.82. The number of halogens is 2. The number of ether oxygens (including phenoxy) is 1. The Labute approximate surface area is 144 Å². The van der Waals surface area contributed by atoms with Crippen molar-refractivity contribution in [2.45, 2.75) is 25.9 Å². The highest BCUT2D eigenvalue weighted by molar-refractivity contribution is 6.30. The fourth-order valence-corrected chi connectivity index (χ4v) is 2.11. The van der Waals surface area contributed by atoms with E-state index in [1.165, 1.54) is 19.1 Å².